The van der Waals surface area contributed by atoms with E-state index < -0.39 is 25.1 Å². The van der Waals surface area contributed by atoms with Crippen LogP contribution in [0.1, 0.15) is 20.8 Å². The first-order chi connectivity index (χ1) is 8.20. The van der Waals surface area contributed by atoms with E-state index in [9.17, 15) is 16.8 Å². The van der Waals surface area contributed by atoms with E-state index in [4.69, 9.17) is 0 Å². The Hall–Kier alpha value is -1.08. The Labute approximate surface area is 108 Å². The summed E-state index contributed by atoms with van der Waals surface area (Å²) in [5, 5.41) is -0.630. The van der Waals surface area contributed by atoms with Crippen LogP contribution in [0.25, 0.3) is 0 Å². The summed E-state index contributed by atoms with van der Waals surface area (Å²) in [6.07, 6.45) is 0. The van der Waals surface area contributed by atoms with Gasteiger partial charge in [-0.3, -0.25) is 4.72 Å². The van der Waals surface area contributed by atoms with Gasteiger partial charge in [0.2, 0.25) is 10.0 Å². The average Bonchev–Trinajstić information content (AvgIpc) is 2.29. The zero-order valence-corrected chi connectivity index (χ0v) is 12.2. The Kier molecular flexibility index (Phi) is 4.39. The summed E-state index contributed by atoms with van der Waals surface area (Å²) in [4.78, 5) is 0.0109. The molecule has 0 aliphatic carbocycles. The van der Waals surface area contributed by atoms with Gasteiger partial charge in [-0.2, -0.15) is 0 Å². The monoisotopic (exact) mass is 291 g/mol. The van der Waals surface area contributed by atoms with Gasteiger partial charge in [0.15, 0.2) is 9.84 Å². The lowest BCUT2D eigenvalue weighted by Crippen LogP contribution is -2.23. The third kappa shape index (κ3) is 3.23. The van der Waals surface area contributed by atoms with Crippen LogP contribution in [0.2, 0.25) is 0 Å². The van der Waals surface area contributed by atoms with Crippen molar-refractivity contribution in [2.45, 2.75) is 30.9 Å². The van der Waals surface area contributed by atoms with Gasteiger partial charge in [-0.1, -0.05) is 19.1 Å². The van der Waals surface area contributed by atoms with Crippen LogP contribution in [0.3, 0.4) is 0 Å². The van der Waals surface area contributed by atoms with Gasteiger partial charge < -0.3 is 0 Å². The molecule has 0 fully saturated rings. The van der Waals surface area contributed by atoms with Crippen LogP contribution in [0.15, 0.2) is 29.2 Å². The number of sulfonamides is 1. The summed E-state index contributed by atoms with van der Waals surface area (Å²) >= 11 is 0. The molecule has 1 rings (SSSR count). The molecule has 0 heterocycles. The van der Waals surface area contributed by atoms with Crippen molar-refractivity contribution in [2.24, 2.45) is 0 Å². The third-order valence-electron chi connectivity index (χ3n) is 2.47. The molecular formula is C11H17NO4S2. The first kappa shape index (κ1) is 15.0. The Bertz CT molecular complexity index is 618. The molecule has 0 radical (unpaired) electrons. The van der Waals surface area contributed by atoms with Gasteiger partial charge in [-0.05, 0) is 26.0 Å². The fourth-order valence-electron chi connectivity index (χ4n) is 1.25. The van der Waals surface area contributed by atoms with Crippen molar-refractivity contribution in [3.63, 3.8) is 0 Å². The second-order valence-corrected chi connectivity index (χ2v) is 8.58. The van der Waals surface area contributed by atoms with E-state index in [0.29, 0.717) is 0 Å². The van der Waals surface area contributed by atoms with Crippen molar-refractivity contribution in [1.82, 2.24) is 0 Å². The Balaban J connectivity index is 3.29. The minimum absolute atomic E-state index is 0.0109. The molecule has 1 aromatic rings. The first-order valence-electron chi connectivity index (χ1n) is 5.54. The van der Waals surface area contributed by atoms with E-state index in [1.54, 1.807) is 12.1 Å². The highest BCUT2D eigenvalue weighted by Crippen LogP contribution is 2.23. The molecule has 0 bridgehead atoms. The van der Waals surface area contributed by atoms with Crippen molar-refractivity contribution < 1.29 is 16.8 Å². The molecule has 18 heavy (non-hydrogen) atoms. The molecule has 1 N–H and O–H groups in total. The summed E-state index contributed by atoms with van der Waals surface area (Å²) in [6, 6.07) is 6.00. The van der Waals surface area contributed by atoms with Gasteiger partial charge in [0, 0.05) is 0 Å². The topological polar surface area (TPSA) is 80.3 Å². The van der Waals surface area contributed by atoms with Crippen molar-refractivity contribution >= 4 is 25.5 Å². The number of rotatable bonds is 5. The third-order valence-corrected chi connectivity index (χ3v) is 6.01. The average molecular weight is 291 g/mol. The fourth-order valence-corrected chi connectivity index (χ4v) is 3.08. The number of anilines is 1. The van der Waals surface area contributed by atoms with Gasteiger partial charge in [-0.15, -0.1) is 0 Å². The summed E-state index contributed by atoms with van der Waals surface area (Å²) in [5.74, 6) is -0.0760. The fraction of sp³-hybridized carbons (Fsp3) is 0.455. The Morgan fingerprint density at radius 2 is 1.67 bits per heavy atom. The van der Waals surface area contributed by atoms with Gasteiger partial charge in [-0.25, -0.2) is 16.8 Å². The molecule has 0 saturated carbocycles. The number of hydrogen-bond acceptors (Lipinski definition) is 4. The maximum absolute atomic E-state index is 11.8. The molecule has 5 nitrogen and oxygen atoms in total. The van der Waals surface area contributed by atoms with Crippen LogP contribution < -0.4 is 4.72 Å². The van der Waals surface area contributed by atoms with E-state index in [2.05, 4.69) is 4.72 Å². The lowest BCUT2D eigenvalue weighted by molar-refractivity contribution is 0.592. The number of sulfone groups is 1. The highest BCUT2D eigenvalue weighted by Gasteiger charge is 2.21. The SMILES string of the molecule is CCS(=O)(=O)c1ccccc1NS(=O)(=O)C(C)C. The molecule has 7 heteroatoms. The van der Waals surface area contributed by atoms with Crippen LogP contribution >= 0.6 is 0 Å². The maximum Gasteiger partial charge on any atom is 0.235 e. The van der Waals surface area contributed by atoms with E-state index in [1.165, 1.54) is 32.9 Å². The van der Waals surface area contributed by atoms with Crippen molar-refractivity contribution in [3.05, 3.63) is 24.3 Å². The maximum atomic E-state index is 11.8. The largest absolute Gasteiger partial charge is 0.282 e. The lowest BCUT2D eigenvalue weighted by atomic mass is 10.3. The minimum atomic E-state index is -3.56. The lowest BCUT2D eigenvalue weighted by Gasteiger charge is -2.14. The van der Waals surface area contributed by atoms with Gasteiger partial charge in [0.05, 0.1) is 21.6 Å². The highest BCUT2D eigenvalue weighted by atomic mass is 32.2. The Morgan fingerprint density at radius 3 is 2.17 bits per heavy atom. The molecule has 0 aliphatic rings. The van der Waals surface area contributed by atoms with E-state index in [0.717, 1.165) is 0 Å². The molecule has 0 atom stereocenters. The molecule has 0 aromatic heterocycles. The molecule has 0 unspecified atom stereocenters. The molecule has 0 aliphatic heterocycles. The zero-order valence-electron chi connectivity index (χ0n) is 10.5. The summed E-state index contributed by atoms with van der Waals surface area (Å²) < 4.78 is 49.5. The van der Waals surface area contributed by atoms with Crippen LogP contribution in [-0.4, -0.2) is 27.8 Å². The summed E-state index contributed by atoms with van der Waals surface area (Å²) in [7, 11) is -7.01. The second-order valence-electron chi connectivity index (χ2n) is 4.10. The molecule has 1 aromatic carbocycles. The predicted molar refractivity (Wildman–Crippen MR) is 71.8 cm³/mol. The number of nitrogens with one attached hydrogen (secondary N) is 1. The molecule has 102 valence electrons. The van der Waals surface area contributed by atoms with E-state index in [-0.39, 0.29) is 16.3 Å². The summed E-state index contributed by atoms with van der Waals surface area (Å²) in [6.45, 7) is 4.57. The van der Waals surface area contributed by atoms with Crippen LogP contribution in [-0.2, 0) is 19.9 Å². The molecular weight excluding hydrogens is 274 g/mol. The normalized spacial score (nSPS) is 12.7. The standard InChI is InChI=1S/C11H17NO4S2/c1-4-17(13,14)11-8-6-5-7-10(11)12-18(15,16)9(2)3/h5-9,12H,4H2,1-3H3. The smallest absolute Gasteiger partial charge is 0.235 e. The molecule has 0 amide bonds. The van der Waals surface area contributed by atoms with Crippen LogP contribution in [0.5, 0.6) is 0 Å². The number of hydrogen-bond donors (Lipinski definition) is 1. The van der Waals surface area contributed by atoms with Crippen molar-refractivity contribution in [3.8, 4) is 0 Å². The van der Waals surface area contributed by atoms with E-state index in [1.807, 2.05) is 0 Å². The number of benzene rings is 1. The van der Waals surface area contributed by atoms with E-state index >= 15 is 0 Å². The van der Waals surface area contributed by atoms with Gasteiger partial charge in [0.25, 0.3) is 0 Å². The number of para-hydroxylation sites is 1. The van der Waals surface area contributed by atoms with Gasteiger partial charge >= 0.3 is 0 Å². The van der Waals surface area contributed by atoms with Crippen LogP contribution in [0.4, 0.5) is 5.69 Å². The minimum Gasteiger partial charge on any atom is -0.282 e. The van der Waals surface area contributed by atoms with Crippen LogP contribution in [0, 0.1) is 0 Å². The Morgan fingerprint density at radius 1 is 1.11 bits per heavy atom. The molecule has 0 saturated heterocycles. The molecule has 0 spiro atoms. The predicted octanol–water partition coefficient (Wildman–Crippen LogP) is 1.63. The quantitative estimate of drug-likeness (QED) is 0.894. The van der Waals surface area contributed by atoms with Crippen molar-refractivity contribution in [1.29, 1.82) is 0 Å². The zero-order chi connectivity index (χ0) is 14.0. The van der Waals surface area contributed by atoms with Gasteiger partial charge in [0.1, 0.15) is 0 Å². The highest BCUT2D eigenvalue weighted by molar-refractivity contribution is 7.93. The second kappa shape index (κ2) is 5.27. The first-order valence-corrected chi connectivity index (χ1v) is 8.74. The van der Waals surface area contributed by atoms with Crippen molar-refractivity contribution in [2.75, 3.05) is 10.5 Å². The summed E-state index contributed by atoms with van der Waals surface area (Å²) in [5.41, 5.74) is 0.105.